The molecule has 2 atom stereocenters. The van der Waals surface area contributed by atoms with E-state index in [2.05, 4.69) is 18.9 Å². The first-order valence-corrected chi connectivity index (χ1v) is 10.9. The Morgan fingerprint density at radius 3 is 2.48 bits per heavy atom. The van der Waals surface area contributed by atoms with Crippen LogP contribution in [0.5, 0.6) is 0 Å². The van der Waals surface area contributed by atoms with Crippen LogP contribution in [0.25, 0.3) is 0 Å². The molecule has 1 aromatic carbocycles. The van der Waals surface area contributed by atoms with Crippen LogP contribution in [0.2, 0.25) is 0 Å². The van der Waals surface area contributed by atoms with E-state index < -0.39 is 14.9 Å². The first-order valence-electron chi connectivity index (χ1n) is 9.42. The third-order valence-electron chi connectivity index (χ3n) is 5.78. The Kier molecular flexibility index (Phi) is 5.73. The third-order valence-corrected chi connectivity index (χ3v) is 7.71. The zero-order valence-electron chi connectivity index (χ0n) is 16.2. The molecule has 0 amide bonds. The molecule has 2 heterocycles. The number of piperidine rings is 1. The molecule has 0 N–H and O–H groups in total. The average Bonchev–Trinajstić information content (AvgIpc) is 3.16. The smallest absolute Gasteiger partial charge is 0.270 e. The van der Waals surface area contributed by atoms with Gasteiger partial charge in [-0.15, -0.1) is 0 Å². The van der Waals surface area contributed by atoms with Crippen LogP contribution in [0.1, 0.15) is 26.2 Å². The van der Waals surface area contributed by atoms with Gasteiger partial charge in [-0.1, -0.05) is 6.92 Å². The Hall–Kier alpha value is -1.71. The number of nitro benzene ring substituents is 1. The summed E-state index contributed by atoms with van der Waals surface area (Å²) in [6, 6.07) is 4.40. The Balaban J connectivity index is 2.03. The van der Waals surface area contributed by atoms with Crippen molar-refractivity contribution in [2.24, 2.45) is 5.92 Å². The van der Waals surface area contributed by atoms with Gasteiger partial charge >= 0.3 is 0 Å². The fourth-order valence-corrected chi connectivity index (χ4v) is 6.04. The molecule has 0 aliphatic carbocycles. The number of benzene rings is 1. The van der Waals surface area contributed by atoms with Crippen LogP contribution in [-0.4, -0.2) is 68.9 Å². The fraction of sp³-hybridized carbons (Fsp3) is 0.667. The van der Waals surface area contributed by atoms with Crippen LogP contribution in [-0.2, 0) is 10.0 Å². The number of rotatable bonds is 5. The highest BCUT2D eigenvalue weighted by atomic mass is 32.2. The second-order valence-corrected chi connectivity index (χ2v) is 9.63. The van der Waals surface area contributed by atoms with Gasteiger partial charge < -0.3 is 9.80 Å². The average molecular weight is 397 g/mol. The summed E-state index contributed by atoms with van der Waals surface area (Å²) in [6.45, 7) is 4.99. The quantitative estimate of drug-likeness (QED) is 0.560. The Morgan fingerprint density at radius 2 is 1.89 bits per heavy atom. The molecule has 0 saturated carbocycles. The van der Waals surface area contributed by atoms with E-state index in [4.69, 9.17) is 0 Å². The van der Waals surface area contributed by atoms with Crippen molar-refractivity contribution in [3.05, 3.63) is 28.3 Å². The summed E-state index contributed by atoms with van der Waals surface area (Å²) >= 11 is 0. The molecule has 9 heteroatoms. The first-order chi connectivity index (χ1) is 12.7. The van der Waals surface area contributed by atoms with Gasteiger partial charge in [-0.3, -0.25) is 10.1 Å². The van der Waals surface area contributed by atoms with Crippen molar-refractivity contribution in [3.63, 3.8) is 0 Å². The molecule has 8 nitrogen and oxygen atoms in total. The standard InChI is InChI=1S/C18H28N4O4S/c1-14-13-19(2)11-8-16(14)20(3)17-7-6-15(22(23)24)12-18(17)27(25,26)21-9-4-5-10-21/h6-7,12,14,16H,4-5,8-11,13H2,1-3H3/t14-,16+/m1/s1. The molecular formula is C18H28N4O4S. The number of sulfonamides is 1. The number of nitro groups is 1. The molecule has 2 aliphatic rings. The third kappa shape index (κ3) is 3.95. The summed E-state index contributed by atoms with van der Waals surface area (Å²) in [5.74, 6) is 0.367. The van der Waals surface area contributed by atoms with E-state index in [-0.39, 0.29) is 16.6 Å². The minimum absolute atomic E-state index is 0.0484. The Morgan fingerprint density at radius 1 is 1.22 bits per heavy atom. The van der Waals surface area contributed by atoms with Crippen LogP contribution < -0.4 is 4.90 Å². The summed E-state index contributed by atoms with van der Waals surface area (Å²) in [4.78, 5) is 15.0. The summed E-state index contributed by atoms with van der Waals surface area (Å²) in [5.41, 5.74) is 0.357. The fourth-order valence-electron chi connectivity index (χ4n) is 4.28. The first kappa shape index (κ1) is 20.0. The zero-order valence-corrected chi connectivity index (χ0v) is 17.0. The highest BCUT2D eigenvalue weighted by Crippen LogP contribution is 2.35. The number of hydrogen-bond donors (Lipinski definition) is 0. The van der Waals surface area contributed by atoms with Gasteiger partial charge in [-0.25, -0.2) is 8.42 Å². The van der Waals surface area contributed by atoms with Crippen LogP contribution in [0.3, 0.4) is 0 Å². The number of nitrogens with zero attached hydrogens (tertiary/aromatic N) is 4. The molecule has 2 fully saturated rings. The number of non-ortho nitro benzene ring substituents is 1. The normalized spacial score (nSPS) is 24.9. The van der Waals surface area contributed by atoms with Gasteiger partial charge in [-0.05, 0) is 44.8 Å². The summed E-state index contributed by atoms with van der Waals surface area (Å²) in [5, 5.41) is 11.3. The van der Waals surface area contributed by atoms with Crippen molar-refractivity contribution < 1.29 is 13.3 Å². The number of hydrogen-bond acceptors (Lipinski definition) is 6. The van der Waals surface area contributed by atoms with Gasteiger partial charge in [0.2, 0.25) is 10.0 Å². The van der Waals surface area contributed by atoms with Gasteiger partial charge in [0.1, 0.15) is 4.90 Å². The molecule has 2 saturated heterocycles. The van der Waals surface area contributed by atoms with Crippen LogP contribution >= 0.6 is 0 Å². The zero-order chi connectivity index (χ0) is 19.8. The molecule has 3 rings (SSSR count). The summed E-state index contributed by atoms with van der Waals surface area (Å²) < 4.78 is 27.9. The molecule has 27 heavy (non-hydrogen) atoms. The molecule has 1 aromatic rings. The van der Waals surface area contributed by atoms with Gasteiger partial charge in [-0.2, -0.15) is 4.31 Å². The van der Waals surface area contributed by atoms with Crippen LogP contribution in [0, 0.1) is 16.0 Å². The lowest BCUT2D eigenvalue weighted by Gasteiger charge is -2.41. The maximum absolute atomic E-state index is 13.2. The Labute approximate surface area is 160 Å². The molecule has 0 spiro atoms. The highest BCUT2D eigenvalue weighted by Gasteiger charge is 2.35. The van der Waals surface area contributed by atoms with Crippen molar-refractivity contribution in [3.8, 4) is 0 Å². The molecule has 150 valence electrons. The van der Waals surface area contributed by atoms with E-state index in [1.165, 1.54) is 16.4 Å². The minimum Gasteiger partial charge on any atom is -0.370 e. The Bertz CT molecular complexity index is 808. The van der Waals surface area contributed by atoms with E-state index in [1.807, 2.05) is 11.9 Å². The molecule has 2 aliphatic heterocycles. The van der Waals surface area contributed by atoms with E-state index in [0.29, 0.717) is 24.7 Å². The van der Waals surface area contributed by atoms with Crippen molar-refractivity contribution in [2.45, 2.75) is 37.1 Å². The van der Waals surface area contributed by atoms with E-state index in [0.717, 1.165) is 32.4 Å². The largest absolute Gasteiger partial charge is 0.370 e. The molecule has 0 aromatic heterocycles. The molecule has 0 bridgehead atoms. The van der Waals surface area contributed by atoms with E-state index in [9.17, 15) is 18.5 Å². The predicted octanol–water partition coefficient (Wildman–Crippen LogP) is 2.16. The lowest BCUT2D eigenvalue weighted by atomic mass is 9.92. The minimum atomic E-state index is -3.76. The molecular weight excluding hydrogens is 368 g/mol. The van der Waals surface area contributed by atoms with Crippen molar-refractivity contribution >= 4 is 21.4 Å². The van der Waals surface area contributed by atoms with Gasteiger partial charge in [0, 0.05) is 44.9 Å². The van der Waals surface area contributed by atoms with E-state index >= 15 is 0 Å². The lowest BCUT2D eigenvalue weighted by Crippen LogP contribution is -2.48. The molecule has 0 radical (unpaired) electrons. The van der Waals surface area contributed by atoms with Crippen LogP contribution in [0.4, 0.5) is 11.4 Å². The summed E-state index contributed by atoms with van der Waals surface area (Å²) in [7, 11) is 0.224. The van der Waals surface area contributed by atoms with Crippen molar-refractivity contribution in [2.75, 3.05) is 45.2 Å². The number of anilines is 1. The maximum atomic E-state index is 13.2. The predicted molar refractivity (Wildman–Crippen MR) is 105 cm³/mol. The monoisotopic (exact) mass is 396 g/mol. The lowest BCUT2D eigenvalue weighted by molar-refractivity contribution is -0.385. The number of likely N-dealkylation sites (tertiary alicyclic amines) is 1. The SMILES string of the molecule is C[C@@H]1CN(C)CC[C@@H]1N(C)c1ccc([N+](=O)[O-])cc1S(=O)(=O)N1CCCC1. The maximum Gasteiger partial charge on any atom is 0.270 e. The van der Waals surface area contributed by atoms with Gasteiger partial charge in [0.05, 0.1) is 10.6 Å². The van der Waals surface area contributed by atoms with E-state index in [1.54, 1.807) is 6.07 Å². The second kappa shape index (κ2) is 7.73. The van der Waals surface area contributed by atoms with Gasteiger partial charge in [0.15, 0.2) is 0 Å². The second-order valence-electron chi connectivity index (χ2n) is 7.73. The highest BCUT2D eigenvalue weighted by molar-refractivity contribution is 7.89. The topological polar surface area (TPSA) is 87.0 Å². The molecule has 0 unspecified atom stereocenters. The van der Waals surface area contributed by atoms with Crippen LogP contribution in [0.15, 0.2) is 23.1 Å². The van der Waals surface area contributed by atoms with Gasteiger partial charge in [0.25, 0.3) is 5.69 Å². The van der Waals surface area contributed by atoms with Crippen molar-refractivity contribution in [1.29, 1.82) is 0 Å². The van der Waals surface area contributed by atoms with Crippen molar-refractivity contribution in [1.82, 2.24) is 9.21 Å². The summed E-state index contributed by atoms with van der Waals surface area (Å²) in [6.07, 6.45) is 2.57.